The van der Waals surface area contributed by atoms with Crippen molar-refractivity contribution >= 4 is 18.2 Å². The summed E-state index contributed by atoms with van der Waals surface area (Å²) in [6.45, 7) is 0. The maximum atomic E-state index is 10.9. The number of terminal acetylenes is 1. The lowest BCUT2D eigenvalue weighted by molar-refractivity contribution is -0.0591. The van der Waals surface area contributed by atoms with Crippen molar-refractivity contribution in [1.82, 2.24) is 10.0 Å². The molecule has 2 amide bonds. The third-order valence-electron chi connectivity index (χ3n) is 2.90. The summed E-state index contributed by atoms with van der Waals surface area (Å²) in [6, 6.07) is 7.18. The molecule has 2 rings (SSSR count). The Morgan fingerprint density at radius 1 is 1.45 bits per heavy atom. The van der Waals surface area contributed by atoms with Crippen LogP contribution < -0.4 is 5.73 Å². The smallest absolute Gasteiger partial charge is 0.339 e. The highest BCUT2D eigenvalue weighted by atomic mass is 16.5. The highest BCUT2D eigenvalue weighted by molar-refractivity contribution is 5.71. The predicted molar refractivity (Wildman–Crippen MR) is 81.4 cm³/mol. The maximum Gasteiger partial charge on any atom is 0.339 e. The van der Waals surface area contributed by atoms with Crippen molar-refractivity contribution in [3.63, 3.8) is 0 Å². The first kappa shape index (κ1) is 15.4. The van der Waals surface area contributed by atoms with Crippen LogP contribution in [0.15, 0.2) is 40.9 Å². The number of amides is 2. The Bertz CT molecular complexity index is 701. The van der Waals surface area contributed by atoms with E-state index in [1.54, 1.807) is 24.4 Å². The van der Waals surface area contributed by atoms with E-state index in [9.17, 15) is 10.0 Å². The molecule has 22 heavy (non-hydrogen) atoms. The fraction of sp³-hybridized carbons (Fsp3) is 0.125. The molecule has 2 aromatic rings. The number of urea groups is 1. The van der Waals surface area contributed by atoms with Crippen LogP contribution in [0.4, 0.5) is 4.79 Å². The van der Waals surface area contributed by atoms with Gasteiger partial charge in [0, 0.05) is 12.6 Å². The first-order valence-electron chi connectivity index (χ1n) is 6.51. The highest BCUT2D eigenvalue weighted by Gasteiger charge is 2.19. The van der Waals surface area contributed by atoms with Crippen LogP contribution in [0.2, 0.25) is 0 Å². The lowest BCUT2D eigenvalue weighted by Gasteiger charge is -2.18. The Morgan fingerprint density at radius 2 is 2.27 bits per heavy atom. The van der Waals surface area contributed by atoms with Crippen LogP contribution in [0.5, 0.6) is 0 Å². The fourth-order valence-corrected chi connectivity index (χ4v) is 1.80. The van der Waals surface area contributed by atoms with Gasteiger partial charge in [0.05, 0.1) is 5.69 Å². The zero-order valence-electron chi connectivity index (χ0n) is 11.7. The molecule has 0 saturated heterocycles. The zero-order valence-corrected chi connectivity index (χ0v) is 11.7. The summed E-state index contributed by atoms with van der Waals surface area (Å²) in [5, 5.41) is 9.77. The molecule has 0 saturated carbocycles. The fourth-order valence-electron chi connectivity index (χ4n) is 1.80. The molecule has 6 nitrogen and oxygen atoms in total. The second kappa shape index (κ2) is 7.11. The van der Waals surface area contributed by atoms with Crippen molar-refractivity contribution in [3.8, 4) is 12.3 Å². The summed E-state index contributed by atoms with van der Waals surface area (Å²) >= 11 is 0. The quantitative estimate of drug-likeness (QED) is 0.502. The van der Waals surface area contributed by atoms with Gasteiger partial charge in [-0.15, -0.1) is 6.42 Å². The van der Waals surface area contributed by atoms with Crippen LogP contribution in [0.3, 0.4) is 0 Å². The summed E-state index contributed by atoms with van der Waals surface area (Å²) in [7, 11) is 0. The number of rotatable bonds is 5. The maximum absolute atomic E-state index is 10.9. The third-order valence-corrected chi connectivity index (χ3v) is 2.90. The minimum atomic E-state index is -1.01. The van der Waals surface area contributed by atoms with E-state index in [2.05, 4.69) is 10.9 Å². The Kier molecular flexibility index (Phi) is 4.96. The number of carbonyl (C=O) groups is 1. The molecule has 6 heteroatoms. The van der Waals surface area contributed by atoms with Crippen molar-refractivity contribution in [2.45, 2.75) is 12.5 Å². The SMILES string of the molecule is C#CC(Cc1ccc(/C=C/c2ccccn2)o1)N(O)C(N)=O. The molecular formula is C16H15N3O3. The highest BCUT2D eigenvalue weighted by Crippen LogP contribution is 2.14. The first-order chi connectivity index (χ1) is 10.6. The molecule has 0 radical (unpaired) electrons. The topological polar surface area (TPSA) is 92.6 Å². The van der Waals surface area contributed by atoms with Gasteiger partial charge < -0.3 is 10.2 Å². The van der Waals surface area contributed by atoms with E-state index in [1.807, 2.05) is 24.3 Å². The number of primary amides is 1. The molecule has 0 bridgehead atoms. The van der Waals surface area contributed by atoms with Gasteiger partial charge in [-0.1, -0.05) is 12.0 Å². The summed E-state index contributed by atoms with van der Waals surface area (Å²) < 4.78 is 5.57. The van der Waals surface area contributed by atoms with Crippen molar-refractivity contribution in [3.05, 3.63) is 53.7 Å². The number of nitrogens with zero attached hydrogens (tertiary/aromatic N) is 2. The lowest BCUT2D eigenvalue weighted by atomic mass is 10.2. The monoisotopic (exact) mass is 297 g/mol. The van der Waals surface area contributed by atoms with Crippen LogP contribution in [0.25, 0.3) is 12.2 Å². The Balaban J connectivity index is 2.04. The molecule has 2 aromatic heterocycles. The second-order valence-electron chi connectivity index (χ2n) is 4.46. The van der Waals surface area contributed by atoms with Gasteiger partial charge in [-0.05, 0) is 36.4 Å². The molecule has 0 fully saturated rings. The summed E-state index contributed by atoms with van der Waals surface area (Å²) in [4.78, 5) is 15.1. The molecule has 3 N–H and O–H groups in total. The van der Waals surface area contributed by atoms with E-state index in [0.29, 0.717) is 16.6 Å². The number of hydrogen-bond acceptors (Lipinski definition) is 4. The van der Waals surface area contributed by atoms with Gasteiger partial charge in [0.25, 0.3) is 0 Å². The molecule has 0 spiro atoms. The number of pyridine rings is 1. The molecule has 0 aliphatic carbocycles. The summed E-state index contributed by atoms with van der Waals surface area (Å²) in [5.41, 5.74) is 5.78. The predicted octanol–water partition coefficient (Wildman–Crippen LogP) is 2.16. The number of furan rings is 1. The van der Waals surface area contributed by atoms with Gasteiger partial charge in [-0.2, -0.15) is 5.06 Å². The molecule has 1 atom stereocenters. The summed E-state index contributed by atoms with van der Waals surface area (Å²) in [5.74, 6) is 3.43. The average Bonchev–Trinajstić information content (AvgIpc) is 2.98. The molecule has 0 aliphatic heterocycles. The third kappa shape index (κ3) is 3.98. The Morgan fingerprint density at radius 3 is 2.91 bits per heavy atom. The van der Waals surface area contributed by atoms with E-state index in [1.165, 1.54) is 0 Å². The van der Waals surface area contributed by atoms with E-state index >= 15 is 0 Å². The van der Waals surface area contributed by atoms with Gasteiger partial charge in [0.15, 0.2) is 0 Å². The second-order valence-corrected chi connectivity index (χ2v) is 4.46. The molecular weight excluding hydrogens is 282 g/mol. The average molecular weight is 297 g/mol. The molecule has 0 aliphatic rings. The zero-order chi connectivity index (χ0) is 15.9. The Hall–Kier alpha value is -3.04. The molecule has 112 valence electrons. The van der Waals surface area contributed by atoms with E-state index < -0.39 is 12.1 Å². The van der Waals surface area contributed by atoms with E-state index in [-0.39, 0.29) is 6.42 Å². The lowest BCUT2D eigenvalue weighted by Crippen LogP contribution is -2.41. The van der Waals surface area contributed by atoms with Crippen LogP contribution in [-0.4, -0.2) is 27.3 Å². The van der Waals surface area contributed by atoms with Gasteiger partial charge in [-0.3, -0.25) is 10.2 Å². The van der Waals surface area contributed by atoms with Crippen molar-refractivity contribution < 1.29 is 14.4 Å². The number of hydrogen-bond donors (Lipinski definition) is 2. The summed E-state index contributed by atoms with van der Waals surface area (Å²) in [6.07, 6.45) is 10.7. The molecule has 0 aromatic carbocycles. The first-order valence-corrected chi connectivity index (χ1v) is 6.51. The Labute approximate surface area is 127 Å². The molecule has 2 heterocycles. The minimum Gasteiger partial charge on any atom is -0.462 e. The van der Waals surface area contributed by atoms with Gasteiger partial charge in [0.2, 0.25) is 0 Å². The van der Waals surface area contributed by atoms with Crippen molar-refractivity contribution in [2.24, 2.45) is 5.73 Å². The van der Waals surface area contributed by atoms with Crippen LogP contribution >= 0.6 is 0 Å². The number of nitrogens with two attached hydrogens (primary N) is 1. The van der Waals surface area contributed by atoms with Crippen molar-refractivity contribution in [2.75, 3.05) is 0 Å². The number of hydroxylamine groups is 2. The van der Waals surface area contributed by atoms with Gasteiger partial charge in [-0.25, -0.2) is 4.79 Å². The number of carbonyl (C=O) groups excluding carboxylic acids is 1. The van der Waals surface area contributed by atoms with Gasteiger partial charge >= 0.3 is 6.03 Å². The number of aromatic nitrogens is 1. The van der Waals surface area contributed by atoms with E-state index in [4.69, 9.17) is 16.6 Å². The van der Waals surface area contributed by atoms with Crippen LogP contribution in [-0.2, 0) is 6.42 Å². The van der Waals surface area contributed by atoms with Crippen LogP contribution in [0.1, 0.15) is 17.2 Å². The largest absolute Gasteiger partial charge is 0.462 e. The van der Waals surface area contributed by atoms with Crippen molar-refractivity contribution in [1.29, 1.82) is 0 Å². The normalized spacial score (nSPS) is 12.0. The minimum absolute atomic E-state index is 0.160. The van der Waals surface area contributed by atoms with Gasteiger partial charge in [0.1, 0.15) is 17.6 Å². The standard InChI is InChI=1S/C16H15N3O3/c1-2-13(19(21)16(17)20)11-15-9-8-14(22-15)7-6-12-5-3-4-10-18-12/h1,3-10,13,21H,11H2,(H2,17,20)/b7-6+. The van der Waals surface area contributed by atoms with Crippen LogP contribution in [0, 0.1) is 12.3 Å². The van der Waals surface area contributed by atoms with E-state index in [0.717, 1.165) is 5.69 Å². The molecule has 1 unspecified atom stereocenters.